The molecule has 0 aliphatic heterocycles. The summed E-state index contributed by atoms with van der Waals surface area (Å²) >= 11 is 0. The Labute approximate surface area is 66.4 Å². The van der Waals surface area contributed by atoms with Crippen LogP contribution in [0.25, 0.3) is 0 Å². The minimum atomic E-state index is -3.86. The molecular weight excluding hydrogens is 167 g/mol. The third kappa shape index (κ3) is 6.10. The van der Waals surface area contributed by atoms with E-state index in [1.807, 2.05) is 13.8 Å². The van der Waals surface area contributed by atoms with E-state index in [1.54, 1.807) is 0 Å². The molecule has 0 rings (SSSR count). The lowest BCUT2D eigenvalue weighted by Gasteiger charge is -2.10. The predicted octanol–water partition coefficient (Wildman–Crippen LogP) is 1.92. The summed E-state index contributed by atoms with van der Waals surface area (Å²) in [5.41, 5.74) is 0. The Morgan fingerprint density at radius 2 is 2.27 bits per heavy atom. The summed E-state index contributed by atoms with van der Waals surface area (Å²) in [5, 5.41) is 0. The van der Waals surface area contributed by atoms with Gasteiger partial charge in [0.15, 0.2) is 0 Å². The summed E-state index contributed by atoms with van der Waals surface area (Å²) in [5.74, 6) is 0.198. The fourth-order valence-electron chi connectivity index (χ4n) is 0.368. The summed E-state index contributed by atoms with van der Waals surface area (Å²) in [6, 6.07) is 0. The van der Waals surface area contributed by atoms with Gasteiger partial charge in [-0.15, -0.1) is 0 Å². The van der Waals surface area contributed by atoms with Crippen LogP contribution >= 0.6 is 7.82 Å². The summed E-state index contributed by atoms with van der Waals surface area (Å²) in [6.45, 7) is 7.07. The van der Waals surface area contributed by atoms with Gasteiger partial charge < -0.3 is 4.52 Å². The van der Waals surface area contributed by atoms with Crippen LogP contribution in [0.5, 0.6) is 0 Å². The number of hydrogen-bond donors (Lipinski definition) is 1. The summed E-state index contributed by atoms with van der Waals surface area (Å²) in [6.07, 6.45) is 0.890. The molecule has 0 aliphatic rings. The molecule has 0 saturated carbocycles. The van der Waals surface area contributed by atoms with Crippen LogP contribution < -0.4 is 0 Å². The number of hydrogen-bond acceptors (Lipinski definition) is 3. The molecule has 0 saturated heterocycles. The van der Waals surface area contributed by atoms with Gasteiger partial charge in [0.2, 0.25) is 0 Å². The molecule has 0 aromatic carbocycles. The van der Waals surface area contributed by atoms with Gasteiger partial charge >= 0.3 is 7.82 Å². The minimum Gasteiger partial charge on any atom is -0.413 e. The zero-order chi connectivity index (χ0) is 8.91. The fraction of sp³-hybridized carbons (Fsp3) is 0.667. The van der Waals surface area contributed by atoms with Crippen LogP contribution in [0.2, 0.25) is 0 Å². The molecule has 66 valence electrons. The first-order valence-corrected chi connectivity index (χ1v) is 4.74. The third-order valence-corrected chi connectivity index (χ3v) is 1.67. The monoisotopic (exact) mass is 180 g/mol. The van der Waals surface area contributed by atoms with Crippen LogP contribution in [0.1, 0.15) is 13.8 Å². The van der Waals surface area contributed by atoms with Crippen LogP contribution in [0, 0.1) is 5.92 Å². The number of phosphoric ester groups is 1. The quantitative estimate of drug-likeness (QED) is 0.518. The highest BCUT2D eigenvalue weighted by Gasteiger charge is 2.20. The van der Waals surface area contributed by atoms with Gasteiger partial charge in [0.1, 0.15) is 0 Å². The van der Waals surface area contributed by atoms with E-state index in [9.17, 15) is 4.57 Å². The highest BCUT2D eigenvalue weighted by atomic mass is 31.2. The van der Waals surface area contributed by atoms with Gasteiger partial charge in [-0.2, -0.15) is 0 Å². The van der Waals surface area contributed by atoms with Gasteiger partial charge in [-0.1, -0.05) is 20.4 Å². The van der Waals surface area contributed by atoms with Crippen LogP contribution in [0.15, 0.2) is 12.8 Å². The lowest BCUT2D eigenvalue weighted by atomic mass is 10.2. The molecule has 5 heteroatoms. The molecule has 0 aromatic rings. The maximum atomic E-state index is 10.8. The molecule has 1 atom stereocenters. The Hall–Kier alpha value is -0.310. The first-order valence-electron chi connectivity index (χ1n) is 3.24. The largest absolute Gasteiger partial charge is 0.526 e. The first-order chi connectivity index (χ1) is 4.98. The Balaban J connectivity index is 3.73. The maximum Gasteiger partial charge on any atom is 0.526 e. The third-order valence-electron chi connectivity index (χ3n) is 0.779. The standard InChI is InChI=1S/C6H13O4P/c1-4-9-11(7,8)10-5-6(2)3/h4,6H,1,5H2,2-3H3,(H,7,8). The number of phosphoric acid groups is 1. The van der Waals surface area contributed by atoms with Gasteiger partial charge in [-0.05, 0) is 5.92 Å². The van der Waals surface area contributed by atoms with Crippen LogP contribution in [0.3, 0.4) is 0 Å². The van der Waals surface area contributed by atoms with Crippen molar-refractivity contribution in [3.8, 4) is 0 Å². The van der Waals surface area contributed by atoms with E-state index < -0.39 is 7.82 Å². The molecule has 0 heterocycles. The molecule has 0 aliphatic carbocycles. The summed E-state index contributed by atoms with van der Waals surface area (Å²) in [4.78, 5) is 8.80. The summed E-state index contributed by atoms with van der Waals surface area (Å²) < 4.78 is 19.5. The Kier molecular flexibility index (Phi) is 4.42. The SMILES string of the molecule is C=COP(=O)(O)OCC(C)C. The molecule has 4 nitrogen and oxygen atoms in total. The second kappa shape index (κ2) is 4.54. The van der Waals surface area contributed by atoms with Gasteiger partial charge in [0.25, 0.3) is 0 Å². The van der Waals surface area contributed by atoms with Crippen molar-refractivity contribution in [1.82, 2.24) is 0 Å². The van der Waals surface area contributed by atoms with Crippen LogP contribution in [-0.4, -0.2) is 11.5 Å². The van der Waals surface area contributed by atoms with Crippen LogP contribution in [0.4, 0.5) is 0 Å². The molecule has 0 bridgehead atoms. The smallest absolute Gasteiger partial charge is 0.413 e. The molecule has 1 N–H and O–H groups in total. The zero-order valence-electron chi connectivity index (χ0n) is 6.69. The van der Waals surface area contributed by atoms with E-state index in [2.05, 4.69) is 15.6 Å². The number of rotatable bonds is 5. The lowest BCUT2D eigenvalue weighted by molar-refractivity contribution is 0.170. The van der Waals surface area contributed by atoms with E-state index in [0.29, 0.717) is 0 Å². The molecule has 0 amide bonds. The topological polar surface area (TPSA) is 55.8 Å². The fourth-order valence-corrected chi connectivity index (χ4v) is 1.10. The highest BCUT2D eigenvalue weighted by molar-refractivity contribution is 7.47. The Morgan fingerprint density at radius 3 is 2.64 bits per heavy atom. The average molecular weight is 180 g/mol. The normalized spacial score (nSPS) is 16.0. The van der Waals surface area contributed by atoms with E-state index in [4.69, 9.17) is 4.89 Å². The Morgan fingerprint density at radius 1 is 1.73 bits per heavy atom. The Bertz CT molecular complexity index is 166. The molecule has 0 aromatic heterocycles. The molecule has 0 fully saturated rings. The highest BCUT2D eigenvalue weighted by Crippen LogP contribution is 2.43. The van der Waals surface area contributed by atoms with E-state index in [1.165, 1.54) is 0 Å². The predicted molar refractivity (Wildman–Crippen MR) is 41.9 cm³/mol. The van der Waals surface area contributed by atoms with Gasteiger partial charge in [-0.25, -0.2) is 4.57 Å². The van der Waals surface area contributed by atoms with Crippen LogP contribution in [-0.2, 0) is 13.6 Å². The summed E-state index contributed by atoms with van der Waals surface area (Å²) in [7, 11) is -3.86. The maximum absolute atomic E-state index is 10.8. The van der Waals surface area contributed by atoms with Gasteiger partial charge in [-0.3, -0.25) is 9.42 Å². The second-order valence-corrected chi connectivity index (χ2v) is 3.84. The second-order valence-electron chi connectivity index (χ2n) is 2.43. The molecular formula is C6H13O4P. The van der Waals surface area contributed by atoms with E-state index in [-0.39, 0.29) is 12.5 Å². The van der Waals surface area contributed by atoms with Crippen molar-refractivity contribution >= 4 is 7.82 Å². The minimum absolute atomic E-state index is 0.196. The molecule has 0 spiro atoms. The molecule has 1 unspecified atom stereocenters. The van der Waals surface area contributed by atoms with Gasteiger partial charge in [0, 0.05) is 0 Å². The van der Waals surface area contributed by atoms with Gasteiger partial charge in [0.05, 0.1) is 12.9 Å². The van der Waals surface area contributed by atoms with E-state index in [0.717, 1.165) is 6.26 Å². The zero-order valence-corrected chi connectivity index (χ0v) is 7.58. The average Bonchev–Trinajstić information content (AvgIpc) is 1.84. The lowest BCUT2D eigenvalue weighted by Crippen LogP contribution is -2.00. The van der Waals surface area contributed by atoms with Crippen molar-refractivity contribution in [2.45, 2.75) is 13.8 Å². The van der Waals surface area contributed by atoms with Crippen molar-refractivity contribution in [2.75, 3.05) is 6.61 Å². The van der Waals surface area contributed by atoms with Crippen molar-refractivity contribution in [3.63, 3.8) is 0 Å². The van der Waals surface area contributed by atoms with Crippen molar-refractivity contribution in [2.24, 2.45) is 5.92 Å². The van der Waals surface area contributed by atoms with Crippen molar-refractivity contribution in [3.05, 3.63) is 12.8 Å². The van der Waals surface area contributed by atoms with E-state index >= 15 is 0 Å². The van der Waals surface area contributed by atoms with Crippen molar-refractivity contribution < 1.29 is 18.5 Å². The van der Waals surface area contributed by atoms with Crippen molar-refractivity contribution in [1.29, 1.82) is 0 Å². The molecule has 0 radical (unpaired) electrons. The molecule has 11 heavy (non-hydrogen) atoms. The first kappa shape index (κ1) is 10.7.